The molecule has 0 aliphatic rings. The Morgan fingerprint density at radius 3 is 2.60 bits per heavy atom. The molecule has 1 amide bonds. The molecule has 7 nitrogen and oxygen atoms in total. The number of rotatable bonds is 6. The van der Waals surface area contributed by atoms with Gasteiger partial charge in [0.15, 0.2) is 0 Å². The van der Waals surface area contributed by atoms with Gasteiger partial charge in [-0.25, -0.2) is 5.43 Å². The van der Waals surface area contributed by atoms with Crippen LogP contribution in [0.3, 0.4) is 0 Å². The third-order valence-electron chi connectivity index (χ3n) is 4.25. The summed E-state index contributed by atoms with van der Waals surface area (Å²) in [5.74, 6) is 0.272. The summed E-state index contributed by atoms with van der Waals surface area (Å²) >= 11 is 5.92. The van der Waals surface area contributed by atoms with E-state index in [0.717, 1.165) is 16.7 Å². The first-order valence-electron chi connectivity index (χ1n) is 9.18. The number of hydrogen-bond acceptors (Lipinski definition) is 5. The maximum atomic E-state index is 12.2. The molecular weight excluding hydrogens is 400 g/mol. The zero-order valence-corrected chi connectivity index (χ0v) is 16.6. The van der Waals surface area contributed by atoms with Crippen molar-refractivity contribution >= 4 is 23.7 Å². The monoisotopic (exact) mass is 416 g/mol. The highest BCUT2D eigenvalue weighted by Crippen LogP contribution is 2.13. The first-order valence-corrected chi connectivity index (χ1v) is 9.56. The predicted molar refractivity (Wildman–Crippen MR) is 115 cm³/mol. The number of aromatic nitrogens is 4. The third-order valence-corrected chi connectivity index (χ3v) is 4.49. The minimum atomic E-state index is -0.301. The molecule has 0 saturated heterocycles. The van der Waals surface area contributed by atoms with Crippen LogP contribution in [0.15, 0.2) is 84.0 Å². The van der Waals surface area contributed by atoms with Gasteiger partial charge in [-0.15, -0.1) is 10.2 Å². The Hall–Kier alpha value is -3.84. The highest BCUT2D eigenvalue weighted by atomic mass is 35.5. The standard InChI is InChI=1S/C22H17ClN6O/c23-20-8-4-5-17(13-20)14-24-26-22(30)19-11-9-16(10-12-19)15-29-27-21(25-28-29)18-6-2-1-3-7-18/h1-14H,15H2,(H,26,30)/b24-14+. The van der Waals surface area contributed by atoms with Crippen LogP contribution < -0.4 is 5.43 Å². The largest absolute Gasteiger partial charge is 0.271 e. The van der Waals surface area contributed by atoms with Crippen molar-refractivity contribution in [3.63, 3.8) is 0 Å². The molecule has 4 aromatic rings. The van der Waals surface area contributed by atoms with E-state index in [2.05, 4.69) is 25.9 Å². The van der Waals surface area contributed by atoms with Crippen LogP contribution >= 0.6 is 11.6 Å². The fourth-order valence-corrected chi connectivity index (χ4v) is 2.95. The minimum absolute atomic E-state index is 0.301. The molecule has 1 N–H and O–H groups in total. The van der Waals surface area contributed by atoms with Crippen molar-refractivity contribution in [2.24, 2.45) is 5.10 Å². The van der Waals surface area contributed by atoms with Crippen molar-refractivity contribution in [1.29, 1.82) is 0 Å². The van der Waals surface area contributed by atoms with Crippen molar-refractivity contribution in [2.75, 3.05) is 0 Å². The molecule has 0 atom stereocenters. The molecule has 148 valence electrons. The van der Waals surface area contributed by atoms with E-state index >= 15 is 0 Å². The average Bonchev–Trinajstić information content (AvgIpc) is 3.23. The van der Waals surface area contributed by atoms with Crippen molar-refractivity contribution in [3.8, 4) is 11.4 Å². The van der Waals surface area contributed by atoms with E-state index in [1.807, 2.05) is 54.6 Å². The number of carbonyl (C=O) groups excluding carboxylic acids is 1. The molecule has 3 aromatic carbocycles. The van der Waals surface area contributed by atoms with E-state index in [0.29, 0.717) is 23.0 Å². The predicted octanol–water partition coefficient (Wildman–Crippen LogP) is 3.81. The van der Waals surface area contributed by atoms with Gasteiger partial charge in [0, 0.05) is 16.1 Å². The lowest BCUT2D eigenvalue weighted by atomic mass is 10.1. The van der Waals surface area contributed by atoms with E-state index in [1.54, 1.807) is 30.5 Å². The van der Waals surface area contributed by atoms with Crippen molar-refractivity contribution in [1.82, 2.24) is 25.6 Å². The van der Waals surface area contributed by atoms with Crippen LogP contribution in [0.25, 0.3) is 11.4 Å². The molecule has 4 rings (SSSR count). The second-order valence-electron chi connectivity index (χ2n) is 6.46. The smallest absolute Gasteiger partial charge is 0.267 e. The molecule has 1 aromatic heterocycles. The molecule has 0 saturated carbocycles. The van der Waals surface area contributed by atoms with Gasteiger partial charge in [0.05, 0.1) is 12.8 Å². The summed E-state index contributed by atoms with van der Waals surface area (Å²) in [5, 5.41) is 17.1. The van der Waals surface area contributed by atoms with Crippen LogP contribution in [0.5, 0.6) is 0 Å². The summed E-state index contributed by atoms with van der Waals surface area (Å²) in [6.07, 6.45) is 1.54. The zero-order chi connectivity index (χ0) is 20.8. The maximum absolute atomic E-state index is 12.2. The normalized spacial score (nSPS) is 11.0. The number of halogens is 1. The fourth-order valence-electron chi connectivity index (χ4n) is 2.75. The highest BCUT2D eigenvalue weighted by Gasteiger charge is 2.07. The number of hydrogen-bond donors (Lipinski definition) is 1. The second kappa shape index (κ2) is 9.11. The second-order valence-corrected chi connectivity index (χ2v) is 6.90. The van der Waals surface area contributed by atoms with E-state index in [4.69, 9.17) is 11.6 Å². The van der Waals surface area contributed by atoms with Gasteiger partial charge < -0.3 is 0 Å². The molecular formula is C22H17ClN6O. The van der Waals surface area contributed by atoms with Crippen LogP contribution in [-0.4, -0.2) is 32.3 Å². The fraction of sp³-hybridized carbons (Fsp3) is 0.0455. The van der Waals surface area contributed by atoms with Crippen molar-refractivity contribution in [3.05, 3.63) is 101 Å². The Morgan fingerprint density at radius 1 is 1.03 bits per heavy atom. The first-order chi connectivity index (χ1) is 14.7. The Balaban J connectivity index is 1.36. The van der Waals surface area contributed by atoms with Gasteiger partial charge in [0.25, 0.3) is 5.91 Å². The van der Waals surface area contributed by atoms with Crippen LogP contribution in [0.2, 0.25) is 5.02 Å². The Labute approximate surface area is 178 Å². The Bertz CT molecular complexity index is 1170. The Kier molecular flexibility index (Phi) is 5.91. The number of hydrazone groups is 1. The zero-order valence-electron chi connectivity index (χ0n) is 15.8. The molecule has 0 aliphatic heterocycles. The summed E-state index contributed by atoms with van der Waals surface area (Å²) in [6.45, 7) is 0.453. The van der Waals surface area contributed by atoms with Crippen LogP contribution in [0.4, 0.5) is 0 Å². The van der Waals surface area contributed by atoms with Gasteiger partial charge >= 0.3 is 0 Å². The van der Waals surface area contributed by atoms with Gasteiger partial charge in [-0.3, -0.25) is 4.79 Å². The molecule has 8 heteroatoms. The van der Waals surface area contributed by atoms with Gasteiger partial charge in [0.1, 0.15) is 0 Å². The van der Waals surface area contributed by atoms with E-state index in [9.17, 15) is 4.79 Å². The van der Waals surface area contributed by atoms with Gasteiger partial charge in [-0.2, -0.15) is 9.90 Å². The van der Waals surface area contributed by atoms with E-state index < -0.39 is 0 Å². The van der Waals surface area contributed by atoms with Crippen molar-refractivity contribution < 1.29 is 4.79 Å². The summed E-state index contributed by atoms with van der Waals surface area (Å²) in [7, 11) is 0. The lowest BCUT2D eigenvalue weighted by Crippen LogP contribution is -2.17. The van der Waals surface area contributed by atoms with Crippen LogP contribution in [-0.2, 0) is 6.54 Å². The minimum Gasteiger partial charge on any atom is -0.267 e. The van der Waals surface area contributed by atoms with Gasteiger partial charge in [-0.1, -0.05) is 66.2 Å². The number of amides is 1. The van der Waals surface area contributed by atoms with Crippen molar-refractivity contribution in [2.45, 2.75) is 6.54 Å². The SMILES string of the molecule is O=C(N/N=C/c1cccc(Cl)c1)c1ccc(Cn2nnc(-c3ccccc3)n2)cc1. The third kappa shape index (κ3) is 4.95. The topological polar surface area (TPSA) is 85.1 Å². The molecule has 30 heavy (non-hydrogen) atoms. The lowest BCUT2D eigenvalue weighted by Gasteiger charge is -2.03. The lowest BCUT2D eigenvalue weighted by molar-refractivity contribution is 0.0955. The number of carbonyl (C=O) groups is 1. The first kappa shape index (κ1) is 19.5. The molecule has 0 fully saturated rings. The quantitative estimate of drug-likeness (QED) is 0.382. The van der Waals surface area contributed by atoms with E-state index in [-0.39, 0.29) is 5.91 Å². The summed E-state index contributed by atoms with van der Waals surface area (Å²) in [6, 6.07) is 24.0. The summed E-state index contributed by atoms with van der Waals surface area (Å²) in [5.41, 5.74) is 5.66. The Morgan fingerprint density at radius 2 is 1.83 bits per heavy atom. The molecule has 1 heterocycles. The highest BCUT2D eigenvalue weighted by molar-refractivity contribution is 6.30. The summed E-state index contributed by atoms with van der Waals surface area (Å²) < 4.78 is 0. The van der Waals surface area contributed by atoms with Gasteiger partial charge in [-0.05, 0) is 40.6 Å². The van der Waals surface area contributed by atoms with Gasteiger partial charge in [0.2, 0.25) is 5.82 Å². The number of tetrazole rings is 1. The maximum Gasteiger partial charge on any atom is 0.271 e. The van der Waals surface area contributed by atoms with Crippen LogP contribution in [0.1, 0.15) is 21.5 Å². The molecule has 0 unspecified atom stereocenters. The number of nitrogens with zero attached hydrogens (tertiary/aromatic N) is 5. The molecule has 0 aliphatic carbocycles. The molecule has 0 spiro atoms. The molecule has 0 radical (unpaired) electrons. The van der Waals surface area contributed by atoms with Crippen LogP contribution in [0, 0.1) is 0 Å². The summed E-state index contributed by atoms with van der Waals surface area (Å²) in [4.78, 5) is 13.8. The average molecular weight is 417 g/mol. The number of benzene rings is 3. The van der Waals surface area contributed by atoms with E-state index in [1.165, 1.54) is 4.80 Å². The number of nitrogens with one attached hydrogen (secondary N) is 1. The molecule has 0 bridgehead atoms.